The van der Waals surface area contributed by atoms with E-state index in [1.54, 1.807) is 32.2 Å². The predicted molar refractivity (Wildman–Crippen MR) is 144 cm³/mol. The van der Waals surface area contributed by atoms with Crippen LogP contribution in [0.5, 0.6) is 0 Å². The largest absolute Gasteiger partial charge is 0.481 e. The Bertz CT molecular complexity index is 1240. The van der Waals surface area contributed by atoms with Crippen molar-refractivity contribution >= 4 is 46.5 Å². The highest BCUT2D eigenvalue weighted by molar-refractivity contribution is 5.96. The molecule has 5 unspecified atom stereocenters. The van der Waals surface area contributed by atoms with Crippen LogP contribution in [0.4, 0.5) is 0 Å². The number of carbonyl (C=O) groups is 6. The second-order valence-electron chi connectivity index (χ2n) is 9.61. The Morgan fingerprint density at radius 3 is 2.17 bits per heavy atom. The number of carboxylic acids is 2. The van der Waals surface area contributed by atoms with Gasteiger partial charge in [-0.25, -0.2) is 4.79 Å². The van der Waals surface area contributed by atoms with Crippen molar-refractivity contribution in [1.29, 1.82) is 0 Å². The summed E-state index contributed by atoms with van der Waals surface area (Å²) in [7, 11) is 0. The van der Waals surface area contributed by atoms with Crippen LogP contribution in [0.1, 0.15) is 45.1 Å². The summed E-state index contributed by atoms with van der Waals surface area (Å²) >= 11 is 0. The maximum absolute atomic E-state index is 13.3. The Hall–Kier alpha value is -4.46. The van der Waals surface area contributed by atoms with Crippen LogP contribution in [0, 0.1) is 5.92 Å². The van der Waals surface area contributed by atoms with E-state index in [9.17, 15) is 39.0 Å². The number of aromatic nitrogens is 1. The van der Waals surface area contributed by atoms with Crippen LogP contribution in [0.15, 0.2) is 30.5 Å². The Morgan fingerprint density at radius 1 is 0.950 bits per heavy atom. The summed E-state index contributed by atoms with van der Waals surface area (Å²) < 4.78 is 0. The third-order valence-corrected chi connectivity index (χ3v) is 6.56. The van der Waals surface area contributed by atoms with Crippen molar-refractivity contribution in [3.05, 3.63) is 36.0 Å². The molecule has 10 N–H and O–H groups in total. The number of para-hydroxylation sites is 1. The minimum absolute atomic E-state index is 0.0692. The fourth-order valence-electron chi connectivity index (χ4n) is 4.03. The molecule has 14 heteroatoms. The molecule has 0 fully saturated rings. The number of aromatic amines is 1. The van der Waals surface area contributed by atoms with Gasteiger partial charge in [-0.15, -0.1) is 0 Å². The van der Waals surface area contributed by atoms with Gasteiger partial charge in [0.2, 0.25) is 23.6 Å². The number of benzene rings is 1. The number of rotatable bonds is 16. The van der Waals surface area contributed by atoms with Gasteiger partial charge in [0.1, 0.15) is 18.1 Å². The minimum atomic E-state index is -1.62. The van der Waals surface area contributed by atoms with Gasteiger partial charge >= 0.3 is 11.9 Å². The van der Waals surface area contributed by atoms with Gasteiger partial charge in [0.05, 0.1) is 12.5 Å². The molecule has 0 spiro atoms. The Morgan fingerprint density at radius 2 is 1.57 bits per heavy atom. The van der Waals surface area contributed by atoms with Crippen molar-refractivity contribution in [3.8, 4) is 0 Å². The van der Waals surface area contributed by atoms with Crippen molar-refractivity contribution in [3.63, 3.8) is 0 Å². The van der Waals surface area contributed by atoms with E-state index in [4.69, 9.17) is 11.5 Å². The van der Waals surface area contributed by atoms with Gasteiger partial charge in [0.15, 0.2) is 0 Å². The van der Waals surface area contributed by atoms with Crippen molar-refractivity contribution < 1.29 is 39.0 Å². The number of aliphatic carboxylic acids is 2. The molecular weight excluding hydrogens is 524 g/mol. The van der Waals surface area contributed by atoms with E-state index in [1.165, 1.54) is 0 Å². The summed E-state index contributed by atoms with van der Waals surface area (Å²) in [6, 6.07) is 1.80. The zero-order valence-electron chi connectivity index (χ0n) is 22.3. The molecule has 0 bridgehead atoms. The zero-order chi connectivity index (χ0) is 30.0. The Balaban J connectivity index is 2.32. The molecular formula is C26H36N6O8. The summed E-state index contributed by atoms with van der Waals surface area (Å²) in [6.07, 6.45) is 0.888. The molecule has 40 heavy (non-hydrogen) atoms. The summed E-state index contributed by atoms with van der Waals surface area (Å²) in [5, 5.41) is 26.9. The fraction of sp³-hybridized carbons (Fsp3) is 0.462. The SMILES string of the molecule is CCC(C)C(NC(=O)C(Cc1c[nH]c2ccccc12)NC(=O)C(CC(=O)O)NC(=O)C(N)CCC(N)=O)C(=O)O. The number of amides is 4. The van der Waals surface area contributed by atoms with Crippen molar-refractivity contribution in [1.82, 2.24) is 20.9 Å². The number of hydrogen-bond acceptors (Lipinski definition) is 7. The second-order valence-corrected chi connectivity index (χ2v) is 9.61. The van der Waals surface area contributed by atoms with E-state index >= 15 is 0 Å². The number of primary amides is 1. The molecule has 4 amide bonds. The minimum Gasteiger partial charge on any atom is -0.481 e. The lowest BCUT2D eigenvalue weighted by atomic mass is 9.98. The van der Waals surface area contributed by atoms with Gasteiger partial charge in [0.25, 0.3) is 0 Å². The summed E-state index contributed by atoms with van der Waals surface area (Å²) in [5.74, 6) is -6.45. The van der Waals surface area contributed by atoms with E-state index in [0.717, 1.165) is 10.9 Å². The van der Waals surface area contributed by atoms with Crippen LogP contribution < -0.4 is 27.4 Å². The van der Waals surface area contributed by atoms with Crippen LogP contribution in [-0.4, -0.2) is 74.9 Å². The molecule has 218 valence electrons. The molecule has 14 nitrogen and oxygen atoms in total. The number of hydrogen-bond donors (Lipinski definition) is 8. The smallest absolute Gasteiger partial charge is 0.326 e. The maximum atomic E-state index is 13.3. The standard InChI is InChI=1S/C26H36N6O8/c1-3-13(2)22(26(39)40)32-25(38)18(10-14-12-29-17-7-5-4-6-15(14)17)31-24(37)19(11-21(34)35)30-23(36)16(27)8-9-20(28)33/h4-7,12-13,16,18-19,22,29H,3,8-11,27H2,1-2H3,(H2,28,33)(H,30,36)(H,31,37)(H,32,38)(H,34,35)(H,39,40). The van der Waals surface area contributed by atoms with E-state index in [1.807, 2.05) is 12.1 Å². The van der Waals surface area contributed by atoms with E-state index in [2.05, 4.69) is 20.9 Å². The van der Waals surface area contributed by atoms with Gasteiger partial charge in [-0.1, -0.05) is 38.5 Å². The quantitative estimate of drug-likeness (QED) is 0.130. The molecule has 0 saturated heterocycles. The van der Waals surface area contributed by atoms with Gasteiger partial charge < -0.3 is 42.6 Å². The summed E-state index contributed by atoms with van der Waals surface area (Å²) in [6.45, 7) is 3.43. The molecule has 1 aromatic carbocycles. The number of H-pyrrole nitrogens is 1. The molecule has 2 aromatic rings. The van der Waals surface area contributed by atoms with Crippen molar-refractivity contribution in [2.45, 2.75) is 70.1 Å². The number of carboxylic acid groups (broad SMARTS) is 2. The highest BCUT2D eigenvalue weighted by Crippen LogP contribution is 2.19. The van der Waals surface area contributed by atoms with Crippen LogP contribution in [0.25, 0.3) is 10.9 Å². The molecule has 1 heterocycles. The monoisotopic (exact) mass is 560 g/mol. The van der Waals surface area contributed by atoms with E-state index in [0.29, 0.717) is 12.0 Å². The van der Waals surface area contributed by atoms with E-state index < -0.39 is 72.1 Å². The normalized spacial score (nSPS) is 14.8. The molecule has 0 aliphatic carbocycles. The lowest BCUT2D eigenvalue weighted by Gasteiger charge is -2.26. The van der Waals surface area contributed by atoms with Crippen molar-refractivity contribution in [2.24, 2.45) is 17.4 Å². The number of nitrogens with two attached hydrogens (primary N) is 2. The Labute approximate surface area is 230 Å². The third-order valence-electron chi connectivity index (χ3n) is 6.56. The summed E-state index contributed by atoms with van der Waals surface area (Å²) in [5.41, 5.74) is 12.2. The highest BCUT2D eigenvalue weighted by atomic mass is 16.4. The molecule has 0 aliphatic rings. The van der Waals surface area contributed by atoms with Crippen LogP contribution in [-0.2, 0) is 35.2 Å². The van der Waals surface area contributed by atoms with Crippen LogP contribution in [0.3, 0.4) is 0 Å². The lowest BCUT2D eigenvalue weighted by Crippen LogP contribution is -2.58. The zero-order valence-corrected chi connectivity index (χ0v) is 22.3. The Kier molecular flexibility index (Phi) is 11.6. The summed E-state index contributed by atoms with van der Waals surface area (Å²) in [4.78, 5) is 76.4. The lowest BCUT2D eigenvalue weighted by molar-refractivity contribution is -0.144. The molecule has 0 saturated carbocycles. The average Bonchev–Trinajstić information content (AvgIpc) is 3.31. The molecule has 5 atom stereocenters. The molecule has 0 aliphatic heterocycles. The van der Waals surface area contributed by atoms with Gasteiger partial charge in [0, 0.05) is 29.9 Å². The van der Waals surface area contributed by atoms with Crippen molar-refractivity contribution in [2.75, 3.05) is 0 Å². The molecule has 2 rings (SSSR count). The van der Waals surface area contributed by atoms with E-state index in [-0.39, 0.29) is 19.3 Å². The molecule has 1 aromatic heterocycles. The average molecular weight is 561 g/mol. The fourth-order valence-corrected chi connectivity index (χ4v) is 4.03. The van der Waals surface area contributed by atoms with Gasteiger partial charge in [-0.05, 0) is 24.0 Å². The first kappa shape index (κ1) is 31.8. The number of carbonyl (C=O) groups excluding carboxylic acids is 4. The second kappa shape index (κ2) is 14.6. The first-order valence-electron chi connectivity index (χ1n) is 12.8. The topological polar surface area (TPSA) is 247 Å². The first-order valence-corrected chi connectivity index (χ1v) is 12.8. The maximum Gasteiger partial charge on any atom is 0.326 e. The molecule has 0 radical (unpaired) electrons. The predicted octanol–water partition coefficient (Wildman–Crippen LogP) is -0.637. The van der Waals surface area contributed by atoms with Crippen LogP contribution >= 0.6 is 0 Å². The first-order chi connectivity index (χ1) is 18.8. The van der Waals surface area contributed by atoms with Crippen LogP contribution in [0.2, 0.25) is 0 Å². The number of fused-ring (bicyclic) bond motifs is 1. The highest BCUT2D eigenvalue weighted by Gasteiger charge is 2.33. The van der Waals surface area contributed by atoms with Gasteiger partial charge in [-0.3, -0.25) is 24.0 Å². The third kappa shape index (κ3) is 9.08. The van der Waals surface area contributed by atoms with Gasteiger partial charge in [-0.2, -0.15) is 0 Å². The number of nitrogens with one attached hydrogen (secondary N) is 4.